The van der Waals surface area contributed by atoms with Crippen LogP contribution in [-0.2, 0) is 0 Å². The molecule has 0 aliphatic carbocycles. The third-order valence-electron chi connectivity index (χ3n) is 1.39. The highest BCUT2D eigenvalue weighted by molar-refractivity contribution is 9.11. The summed E-state index contributed by atoms with van der Waals surface area (Å²) in [7, 11) is 0. The van der Waals surface area contributed by atoms with Gasteiger partial charge in [-0.15, -0.1) is 10.2 Å². The molecule has 0 unspecified atom stereocenters. The van der Waals surface area contributed by atoms with Crippen LogP contribution in [0.5, 0.6) is 0 Å². The molecule has 2 aromatic heterocycles. The third-order valence-corrected chi connectivity index (χ3v) is 3.94. The van der Waals surface area contributed by atoms with Gasteiger partial charge in [-0.05, 0) is 28.9 Å². The van der Waals surface area contributed by atoms with Gasteiger partial charge in [0, 0.05) is 0 Å². The van der Waals surface area contributed by atoms with Crippen molar-refractivity contribution in [3.63, 3.8) is 0 Å². The number of rotatable bonds is 2. The van der Waals surface area contributed by atoms with Gasteiger partial charge in [-0.25, -0.2) is 0 Å². The molecule has 0 bridgehead atoms. The van der Waals surface area contributed by atoms with Crippen molar-refractivity contribution in [3.05, 3.63) is 22.0 Å². The fraction of sp³-hybridized carbons (Fsp3) is 0.143. The van der Waals surface area contributed by atoms with Crippen LogP contribution in [-0.4, -0.2) is 10.2 Å². The first-order valence-corrected chi connectivity index (χ1v) is 5.89. The van der Waals surface area contributed by atoms with Crippen molar-refractivity contribution >= 4 is 39.0 Å². The van der Waals surface area contributed by atoms with E-state index in [2.05, 4.69) is 26.1 Å². The van der Waals surface area contributed by atoms with E-state index in [0.717, 1.165) is 18.9 Å². The zero-order chi connectivity index (χ0) is 9.26. The molecule has 0 spiro atoms. The molecule has 0 aliphatic heterocycles. The third kappa shape index (κ3) is 2.12. The van der Waals surface area contributed by atoms with Crippen molar-refractivity contribution in [3.8, 4) is 0 Å². The van der Waals surface area contributed by atoms with Gasteiger partial charge < -0.3 is 4.42 Å². The molecule has 0 aliphatic rings. The molecule has 13 heavy (non-hydrogen) atoms. The minimum Gasteiger partial charge on any atom is -0.468 e. The Balaban J connectivity index is 2.19. The van der Waals surface area contributed by atoms with E-state index in [1.165, 1.54) is 11.3 Å². The molecule has 0 saturated heterocycles. The average molecular weight is 277 g/mol. The second-order valence-electron chi connectivity index (χ2n) is 2.26. The predicted molar refractivity (Wildman–Crippen MR) is 55.2 cm³/mol. The van der Waals surface area contributed by atoms with E-state index in [0.29, 0.717) is 0 Å². The van der Waals surface area contributed by atoms with Gasteiger partial charge in [-0.1, -0.05) is 23.1 Å². The molecule has 2 aromatic rings. The Bertz CT molecular complexity index is 412. The summed E-state index contributed by atoms with van der Waals surface area (Å²) in [6, 6.07) is 1.93. The normalized spacial score (nSPS) is 10.6. The number of hydrogen-bond donors (Lipinski definition) is 0. The minimum absolute atomic E-state index is 0.802. The van der Waals surface area contributed by atoms with Gasteiger partial charge in [0.2, 0.25) is 0 Å². The van der Waals surface area contributed by atoms with E-state index in [1.807, 2.05) is 13.0 Å². The first-order chi connectivity index (χ1) is 6.25. The number of halogens is 1. The van der Waals surface area contributed by atoms with Crippen molar-refractivity contribution in [2.45, 2.75) is 16.2 Å². The highest BCUT2D eigenvalue weighted by atomic mass is 79.9. The molecule has 68 valence electrons. The van der Waals surface area contributed by atoms with Gasteiger partial charge in [0.15, 0.2) is 8.26 Å². The van der Waals surface area contributed by atoms with Gasteiger partial charge in [0.1, 0.15) is 5.76 Å². The van der Waals surface area contributed by atoms with Crippen LogP contribution >= 0.6 is 39.0 Å². The summed E-state index contributed by atoms with van der Waals surface area (Å²) in [5.74, 6) is 0.913. The van der Waals surface area contributed by atoms with Gasteiger partial charge in [0.25, 0.3) is 0 Å². The molecule has 3 nitrogen and oxygen atoms in total. The molecule has 2 rings (SSSR count). The molecule has 0 fully saturated rings. The maximum absolute atomic E-state index is 5.17. The Hall–Kier alpha value is -0.330. The Morgan fingerprint density at radius 2 is 2.38 bits per heavy atom. The molecule has 2 heterocycles. The van der Waals surface area contributed by atoms with Gasteiger partial charge in [-0.2, -0.15) is 0 Å². The molecule has 0 aromatic carbocycles. The molecular weight excluding hydrogens is 272 g/mol. The molecule has 0 saturated carbocycles. The standard InChI is InChI=1S/C7H5BrN2OS2/c1-4-5(2-3-11-4)12-7-10-9-6(8)13-7/h2-3H,1H3. The monoisotopic (exact) mass is 276 g/mol. The van der Waals surface area contributed by atoms with E-state index < -0.39 is 0 Å². The Kier molecular flexibility index (Phi) is 2.71. The molecule has 6 heteroatoms. The molecule has 0 atom stereocenters. The zero-order valence-corrected chi connectivity index (χ0v) is 9.87. The summed E-state index contributed by atoms with van der Waals surface area (Å²) < 4.78 is 6.88. The topological polar surface area (TPSA) is 38.9 Å². The molecule has 0 N–H and O–H groups in total. The van der Waals surface area contributed by atoms with Gasteiger partial charge in [0.05, 0.1) is 11.2 Å². The Morgan fingerprint density at radius 1 is 1.54 bits per heavy atom. The molecule has 0 radical (unpaired) electrons. The van der Waals surface area contributed by atoms with Crippen LogP contribution in [0.15, 0.2) is 29.9 Å². The highest BCUT2D eigenvalue weighted by Gasteiger charge is 2.07. The second-order valence-corrected chi connectivity index (χ2v) is 5.81. The highest BCUT2D eigenvalue weighted by Crippen LogP contribution is 2.33. The van der Waals surface area contributed by atoms with Crippen LogP contribution in [0.1, 0.15) is 5.76 Å². The second kappa shape index (κ2) is 3.81. The van der Waals surface area contributed by atoms with E-state index in [9.17, 15) is 0 Å². The Labute approximate surface area is 91.7 Å². The number of hydrogen-bond acceptors (Lipinski definition) is 5. The summed E-state index contributed by atoms with van der Waals surface area (Å²) >= 11 is 6.34. The van der Waals surface area contributed by atoms with E-state index in [4.69, 9.17) is 4.42 Å². The number of furan rings is 1. The fourth-order valence-electron chi connectivity index (χ4n) is 0.808. The van der Waals surface area contributed by atoms with Crippen LogP contribution < -0.4 is 0 Å². The van der Waals surface area contributed by atoms with Crippen LogP contribution in [0.2, 0.25) is 0 Å². The lowest BCUT2D eigenvalue weighted by molar-refractivity contribution is 0.527. The molecular formula is C7H5BrN2OS2. The van der Waals surface area contributed by atoms with Gasteiger partial charge >= 0.3 is 0 Å². The zero-order valence-electron chi connectivity index (χ0n) is 6.65. The lowest BCUT2D eigenvalue weighted by Crippen LogP contribution is -1.72. The predicted octanol–water partition coefficient (Wildman–Crippen LogP) is 3.35. The van der Waals surface area contributed by atoms with Crippen LogP contribution in [0.3, 0.4) is 0 Å². The van der Waals surface area contributed by atoms with E-state index in [1.54, 1.807) is 18.0 Å². The molecule has 0 amide bonds. The number of aromatic nitrogens is 2. The summed E-state index contributed by atoms with van der Waals surface area (Å²) in [5, 5.41) is 7.84. The van der Waals surface area contributed by atoms with Crippen molar-refractivity contribution < 1.29 is 4.42 Å². The quantitative estimate of drug-likeness (QED) is 0.843. The number of aryl methyl sites for hydroxylation is 1. The first kappa shape index (κ1) is 9.23. The van der Waals surface area contributed by atoms with Crippen molar-refractivity contribution in [1.82, 2.24) is 10.2 Å². The maximum Gasteiger partial charge on any atom is 0.184 e. The summed E-state index contributed by atoms with van der Waals surface area (Å²) in [6.45, 7) is 1.93. The van der Waals surface area contributed by atoms with Gasteiger partial charge in [-0.3, -0.25) is 0 Å². The Morgan fingerprint density at radius 3 is 2.92 bits per heavy atom. The average Bonchev–Trinajstić information content (AvgIpc) is 2.64. The fourth-order valence-corrected chi connectivity index (χ4v) is 3.23. The summed E-state index contributed by atoms with van der Waals surface area (Å²) in [6.07, 6.45) is 1.67. The SMILES string of the molecule is Cc1occc1Sc1nnc(Br)s1. The largest absolute Gasteiger partial charge is 0.468 e. The van der Waals surface area contributed by atoms with E-state index in [-0.39, 0.29) is 0 Å². The van der Waals surface area contributed by atoms with Crippen molar-refractivity contribution in [2.75, 3.05) is 0 Å². The maximum atomic E-state index is 5.17. The van der Waals surface area contributed by atoms with Crippen LogP contribution in [0.4, 0.5) is 0 Å². The first-order valence-electron chi connectivity index (χ1n) is 3.46. The summed E-state index contributed by atoms with van der Waals surface area (Å²) in [4.78, 5) is 1.09. The van der Waals surface area contributed by atoms with E-state index >= 15 is 0 Å². The van der Waals surface area contributed by atoms with Crippen LogP contribution in [0, 0.1) is 6.92 Å². The number of nitrogens with zero attached hydrogens (tertiary/aromatic N) is 2. The van der Waals surface area contributed by atoms with Crippen LogP contribution in [0.25, 0.3) is 0 Å². The smallest absolute Gasteiger partial charge is 0.184 e. The van der Waals surface area contributed by atoms with Crippen molar-refractivity contribution in [2.24, 2.45) is 0 Å². The minimum atomic E-state index is 0.802. The summed E-state index contributed by atoms with van der Waals surface area (Å²) in [5.41, 5.74) is 0. The van der Waals surface area contributed by atoms with Crippen molar-refractivity contribution in [1.29, 1.82) is 0 Å². The lowest BCUT2D eigenvalue weighted by Gasteiger charge is -1.91. The lowest BCUT2D eigenvalue weighted by atomic mass is 10.5.